The molecule has 1 atom stereocenters. The second-order valence-corrected chi connectivity index (χ2v) is 6.05. The molecule has 1 aromatic heterocycles. The van der Waals surface area contributed by atoms with Crippen LogP contribution in [0.5, 0.6) is 0 Å². The number of benzene rings is 1. The number of nitrogens with zero attached hydrogens (tertiary/aromatic N) is 2. The van der Waals surface area contributed by atoms with Gasteiger partial charge in [0.1, 0.15) is 5.82 Å². The summed E-state index contributed by atoms with van der Waals surface area (Å²) >= 11 is 12.4. The third-order valence-electron chi connectivity index (χ3n) is 3.62. The standard InChI is InChI=1S/C16H19Cl2N3/c1-9(8-19)16-10(2)20-15(21-11(16)3)7-12-13(17)5-4-6-14(12)18/h4-6,9H,7-8,19H2,1-3H3. The van der Waals surface area contributed by atoms with Gasteiger partial charge in [0.05, 0.1) is 0 Å². The zero-order chi connectivity index (χ0) is 15.6. The summed E-state index contributed by atoms with van der Waals surface area (Å²) in [6, 6.07) is 5.48. The van der Waals surface area contributed by atoms with E-state index >= 15 is 0 Å². The third-order valence-corrected chi connectivity index (χ3v) is 4.32. The molecule has 0 fully saturated rings. The maximum Gasteiger partial charge on any atom is 0.133 e. The number of aromatic nitrogens is 2. The Balaban J connectivity index is 2.39. The molecule has 0 amide bonds. The Labute approximate surface area is 135 Å². The fraction of sp³-hybridized carbons (Fsp3) is 0.375. The van der Waals surface area contributed by atoms with E-state index in [1.54, 1.807) is 0 Å². The fourth-order valence-corrected chi connectivity index (χ4v) is 3.09. The Morgan fingerprint density at radius 1 is 1.10 bits per heavy atom. The van der Waals surface area contributed by atoms with Gasteiger partial charge < -0.3 is 5.73 Å². The normalized spacial score (nSPS) is 12.5. The maximum atomic E-state index is 6.21. The molecule has 0 saturated carbocycles. The molecule has 2 aromatic rings. The Kier molecular flexibility index (Phi) is 5.20. The molecule has 5 heteroatoms. The predicted octanol–water partition coefficient (Wildman–Crippen LogP) is 4.05. The number of rotatable bonds is 4. The van der Waals surface area contributed by atoms with Gasteiger partial charge in [-0.05, 0) is 49.6 Å². The summed E-state index contributed by atoms with van der Waals surface area (Å²) in [4.78, 5) is 9.19. The molecule has 3 nitrogen and oxygen atoms in total. The summed E-state index contributed by atoms with van der Waals surface area (Å²) in [6.45, 7) is 6.66. The smallest absolute Gasteiger partial charge is 0.133 e. The first-order chi connectivity index (χ1) is 9.93. The average molecular weight is 324 g/mol. The van der Waals surface area contributed by atoms with Crippen LogP contribution in [-0.4, -0.2) is 16.5 Å². The van der Waals surface area contributed by atoms with E-state index in [1.165, 1.54) is 0 Å². The van der Waals surface area contributed by atoms with Crippen molar-refractivity contribution in [1.29, 1.82) is 0 Å². The first-order valence-corrected chi connectivity index (χ1v) is 7.66. The van der Waals surface area contributed by atoms with Crippen LogP contribution in [0, 0.1) is 13.8 Å². The molecule has 0 aliphatic heterocycles. The molecular weight excluding hydrogens is 305 g/mol. The monoisotopic (exact) mass is 323 g/mol. The minimum Gasteiger partial charge on any atom is -0.330 e. The number of nitrogens with two attached hydrogens (primary N) is 1. The molecule has 0 radical (unpaired) electrons. The van der Waals surface area contributed by atoms with Gasteiger partial charge in [0.15, 0.2) is 0 Å². The van der Waals surface area contributed by atoms with Crippen molar-refractivity contribution in [3.63, 3.8) is 0 Å². The van der Waals surface area contributed by atoms with Gasteiger partial charge in [0.25, 0.3) is 0 Å². The zero-order valence-corrected chi connectivity index (χ0v) is 14.0. The Bertz CT molecular complexity index is 613. The van der Waals surface area contributed by atoms with Crippen LogP contribution in [0.2, 0.25) is 10.0 Å². The van der Waals surface area contributed by atoms with Crippen molar-refractivity contribution in [3.05, 3.63) is 56.6 Å². The van der Waals surface area contributed by atoms with Crippen molar-refractivity contribution < 1.29 is 0 Å². The summed E-state index contributed by atoms with van der Waals surface area (Å²) in [5.41, 5.74) is 9.69. The maximum absolute atomic E-state index is 6.21. The topological polar surface area (TPSA) is 51.8 Å². The summed E-state index contributed by atoms with van der Waals surface area (Å²) in [6.07, 6.45) is 0.525. The molecule has 21 heavy (non-hydrogen) atoms. The first kappa shape index (κ1) is 16.2. The van der Waals surface area contributed by atoms with Crippen LogP contribution >= 0.6 is 23.2 Å². The quantitative estimate of drug-likeness (QED) is 0.923. The van der Waals surface area contributed by atoms with E-state index in [4.69, 9.17) is 28.9 Å². The minimum absolute atomic E-state index is 0.253. The molecule has 1 aromatic carbocycles. The van der Waals surface area contributed by atoms with E-state index < -0.39 is 0 Å². The highest BCUT2D eigenvalue weighted by Crippen LogP contribution is 2.27. The van der Waals surface area contributed by atoms with Crippen molar-refractivity contribution in [3.8, 4) is 0 Å². The summed E-state index contributed by atoms with van der Waals surface area (Å²) in [7, 11) is 0. The van der Waals surface area contributed by atoms with Gasteiger partial charge in [-0.2, -0.15) is 0 Å². The van der Waals surface area contributed by atoms with E-state index in [0.717, 1.165) is 28.3 Å². The average Bonchev–Trinajstić information content (AvgIpc) is 2.42. The first-order valence-electron chi connectivity index (χ1n) is 6.91. The van der Waals surface area contributed by atoms with Crippen LogP contribution in [0.15, 0.2) is 18.2 Å². The van der Waals surface area contributed by atoms with Crippen LogP contribution in [0.3, 0.4) is 0 Å². The van der Waals surface area contributed by atoms with Gasteiger partial charge in [-0.3, -0.25) is 0 Å². The molecule has 0 spiro atoms. The second kappa shape index (κ2) is 6.73. The zero-order valence-electron chi connectivity index (χ0n) is 12.5. The molecule has 0 bridgehead atoms. The highest BCUT2D eigenvalue weighted by molar-refractivity contribution is 6.36. The lowest BCUT2D eigenvalue weighted by atomic mass is 9.98. The molecular formula is C16H19Cl2N3. The largest absolute Gasteiger partial charge is 0.330 e. The van der Waals surface area contributed by atoms with Crippen LogP contribution in [0.4, 0.5) is 0 Å². The molecule has 2 rings (SSSR count). The van der Waals surface area contributed by atoms with Crippen molar-refractivity contribution in [2.75, 3.05) is 6.54 Å². The van der Waals surface area contributed by atoms with E-state index in [0.29, 0.717) is 23.0 Å². The van der Waals surface area contributed by atoms with Crippen LogP contribution < -0.4 is 5.73 Å². The molecule has 1 unspecified atom stereocenters. The lowest BCUT2D eigenvalue weighted by molar-refractivity contribution is 0.733. The minimum atomic E-state index is 0.253. The SMILES string of the molecule is Cc1nc(Cc2c(Cl)cccc2Cl)nc(C)c1C(C)CN. The summed E-state index contributed by atoms with van der Waals surface area (Å²) in [5.74, 6) is 0.982. The van der Waals surface area contributed by atoms with Gasteiger partial charge >= 0.3 is 0 Å². The second-order valence-electron chi connectivity index (χ2n) is 5.24. The highest BCUT2D eigenvalue weighted by Gasteiger charge is 2.15. The Morgan fingerprint density at radius 3 is 2.10 bits per heavy atom. The van der Waals surface area contributed by atoms with Gasteiger partial charge in [0.2, 0.25) is 0 Å². The molecule has 0 aliphatic carbocycles. The predicted molar refractivity (Wildman–Crippen MR) is 88.2 cm³/mol. The lowest BCUT2D eigenvalue weighted by Gasteiger charge is -2.16. The fourth-order valence-electron chi connectivity index (χ4n) is 2.56. The molecule has 0 saturated heterocycles. The van der Waals surface area contributed by atoms with Crippen molar-refractivity contribution in [2.45, 2.75) is 33.1 Å². The van der Waals surface area contributed by atoms with Gasteiger partial charge in [-0.25, -0.2) is 9.97 Å². The number of hydrogen-bond donors (Lipinski definition) is 1. The van der Waals surface area contributed by atoms with Gasteiger partial charge in [-0.1, -0.05) is 36.2 Å². The van der Waals surface area contributed by atoms with Crippen LogP contribution in [0.1, 0.15) is 41.2 Å². The van der Waals surface area contributed by atoms with E-state index in [-0.39, 0.29) is 5.92 Å². The van der Waals surface area contributed by atoms with Crippen LogP contribution in [-0.2, 0) is 6.42 Å². The van der Waals surface area contributed by atoms with Crippen molar-refractivity contribution in [2.24, 2.45) is 5.73 Å². The molecule has 0 aliphatic rings. The summed E-state index contributed by atoms with van der Waals surface area (Å²) < 4.78 is 0. The highest BCUT2D eigenvalue weighted by atomic mass is 35.5. The van der Waals surface area contributed by atoms with Gasteiger partial charge in [0, 0.05) is 27.9 Å². The lowest BCUT2D eigenvalue weighted by Crippen LogP contribution is -2.15. The number of aryl methyl sites for hydroxylation is 2. The number of halogens is 2. The Hall–Kier alpha value is -1.16. The van der Waals surface area contributed by atoms with Crippen molar-refractivity contribution in [1.82, 2.24) is 9.97 Å². The molecule has 2 N–H and O–H groups in total. The van der Waals surface area contributed by atoms with E-state index in [2.05, 4.69) is 16.9 Å². The van der Waals surface area contributed by atoms with Gasteiger partial charge in [-0.15, -0.1) is 0 Å². The van der Waals surface area contributed by atoms with E-state index in [1.807, 2.05) is 32.0 Å². The summed E-state index contributed by atoms with van der Waals surface area (Å²) in [5, 5.41) is 1.28. The molecule has 112 valence electrons. The van der Waals surface area contributed by atoms with Crippen LogP contribution in [0.25, 0.3) is 0 Å². The van der Waals surface area contributed by atoms with Crippen molar-refractivity contribution >= 4 is 23.2 Å². The molecule has 1 heterocycles. The Morgan fingerprint density at radius 2 is 1.62 bits per heavy atom. The third kappa shape index (κ3) is 3.54. The van der Waals surface area contributed by atoms with E-state index in [9.17, 15) is 0 Å². The number of hydrogen-bond acceptors (Lipinski definition) is 3.